The lowest BCUT2D eigenvalue weighted by Gasteiger charge is -2.23. The van der Waals surface area contributed by atoms with E-state index < -0.39 is 11.7 Å². The van der Waals surface area contributed by atoms with Crippen molar-refractivity contribution in [2.45, 2.75) is 32.5 Å². The molecule has 0 aromatic heterocycles. The van der Waals surface area contributed by atoms with Gasteiger partial charge in [0.1, 0.15) is 5.67 Å². The standard InChI is InChI=1S/C11H16FN/c1-8-4-6-9(7-5-8)10(13)11(2,3)12/h4-7,10H,13H2,1-3H3. The fourth-order valence-electron chi connectivity index (χ4n) is 1.17. The minimum atomic E-state index is -1.37. The number of alkyl halides is 1. The summed E-state index contributed by atoms with van der Waals surface area (Å²) in [5, 5.41) is 0. The van der Waals surface area contributed by atoms with Crippen molar-refractivity contribution in [2.24, 2.45) is 5.73 Å². The summed E-state index contributed by atoms with van der Waals surface area (Å²) in [6, 6.07) is 7.10. The maximum absolute atomic E-state index is 13.4. The van der Waals surface area contributed by atoms with Gasteiger partial charge < -0.3 is 5.73 Å². The molecule has 2 N–H and O–H groups in total. The van der Waals surface area contributed by atoms with E-state index in [0.717, 1.165) is 11.1 Å². The summed E-state index contributed by atoms with van der Waals surface area (Å²) in [6.45, 7) is 4.99. The molecule has 1 unspecified atom stereocenters. The van der Waals surface area contributed by atoms with Gasteiger partial charge in [0.05, 0.1) is 6.04 Å². The van der Waals surface area contributed by atoms with Crippen LogP contribution in [0.1, 0.15) is 31.0 Å². The molecular formula is C11H16FN. The summed E-state index contributed by atoms with van der Waals surface area (Å²) in [6.07, 6.45) is 0. The molecule has 0 amide bonds. The maximum Gasteiger partial charge on any atom is 0.124 e. The number of halogens is 1. The van der Waals surface area contributed by atoms with Gasteiger partial charge in [-0.05, 0) is 26.3 Å². The zero-order valence-electron chi connectivity index (χ0n) is 8.34. The van der Waals surface area contributed by atoms with Gasteiger partial charge in [0, 0.05) is 0 Å². The van der Waals surface area contributed by atoms with E-state index in [2.05, 4.69) is 0 Å². The molecule has 0 heterocycles. The van der Waals surface area contributed by atoms with Crippen LogP contribution in [-0.2, 0) is 0 Å². The molecule has 1 aromatic carbocycles. The monoisotopic (exact) mass is 181 g/mol. The molecule has 0 spiro atoms. The van der Waals surface area contributed by atoms with Crippen LogP contribution in [0.15, 0.2) is 24.3 Å². The van der Waals surface area contributed by atoms with Crippen LogP contribution in [0.3, 0.4) is 0 Å². The van der Waals surface area contributed by atoms with Gasteiger partial charge >= 0.3 is 0 Å². The van der Waals surface area contributed by atoms with Crippen LogP contribution >= 0.6 is 0 Å². The number of benzene rings is 1. The average molecular weight is 181 g/mol. The molecule has 0 saturated carbocycles. The van der Waals surface area contributed by atoms with Gasteiger partial charge in [-0.3, -0.25) is 0 Å². The maximum atomic E-state index is 13.4. The van der Waals surface area contributed by atoms with Crippen molar-refractivity contribution >= 4 is 0 Å². The molecule has 0 aliphatic heterocycles. The Morgan fingerprint density at radius 3 is 2.08 bits per heavy atom. The van der Waals surface area contributed by atoms with E-state index in [0.29, 0.717) is 0 Å². The second kappa shape index (κ2) is 3.46. The molecule has 0 radical (unpaired) electrons. The minimum absolute atomic E-state index is 0.548. The third kappa shape index (κ3) is 2.52. The summed E-state index contributed by atoms with van der Waals surface area (Å²) in [5.74, 6) is 0. The third-order valence-electron chi connectivity index (χ3n) is 2.18. The normalized spacial score (nSPS) is 14.2. The van der Waals surface area contributed by atoms with Crippen LogP contribution in [0.5, 0.6) is 0 Å². The van der Waals surface area contributed by atoms with Crippen molar-refractivity contribution in [3.63, 3.8) is 0 Å². The number of hydrogen-bond donors (Lipinski definition) is 1. The van der Waals surface area contributed by atoms with E-state index in [1.54, 1.807) is 0 Å². The molecule has 1 aromatic rings. The highest BCUT2D eigenvalue weighted by molar-refractivity contribution is 5.25. The van der Waals surface area contributed by atoms with Gasteiger partial charge in [0.25, 0.3) is 0 Å². The van der Waals surface area contributed by atoms with E-state index in [1.165, 1.54) is 13.8 Å². The molecule has 0 aliphatic rings. The Morgan fingerprint density at radius 1 is 1.23 bits per heavy atom. The number of nitrogens with two attached hydrogens (primary N) is 1. The Balaban J connectivity index is 2.90. The predicted molar refractivity (Wildman–Crippen MR) is 53.3 cm³/mol. The summed E-state index contributed by atoms with van der Waals surface area (Å²) in [5.41, 5.74) is 6.39. The van der Waals surface area contributed by atoms with Gasteiger partial charge in [0.15, 0.2) is 0 Å². The van der Waals surface area contributed by atoms with Crippen LogP contribution in [0.2, 0.25) is 0 Å². The van der Waals surface area contributed by atoms with Crippen molar-refractivity contribution in [3.8, 4) is 0 Å². The lowest BCUT2D eigenvalue weighted by atomic mass is 9.94. The molecule has 0 aliphatic carbocycles. The highest BCUT2D eigenvalue weighted by atomic mass is 19.1. The molecular weight excluding hydrogens is 165 g/mol. The van der Waals surface area contributed by atoms with Crippen LogP contribution < -0.4 is 5.73 Å². The van der Waals surface area contributed by atoms with Crippen molar-refractivity contribution in [2.75, 3.05) is 0 Å². The third-order valence-corrected chi connectivity index (χ3v) is 2.18. The molecule has 72 valence electrons. The van der Waals surface area contributed by atoms with Crippen molar-refractivity contribution in [1.82, 2.24) is 0 Å². The van der Waals surface area contributed by atoms with Crippen molar-refractivity contribution < 1.29 is 4.39 Å². The lowest BCUT2D eigenvalue weighted by Crippen LogP contribution is -2.30. The molecule has 0 bridgehead atoms. The first-order valence-electron chi connectivity index (χ1n) is 4.42. The average Bonchev–Trinajstić information content (AvgIpc) is 2.03. The number of rotatable bonds is 2. The van der Waals surface area contributed by atoms with Crippen LogP contribution in [0, 0.1) is 6.92 Å². The minimum Gasteiger partial charge on any atom is -0.321 e. The Kier molecular flexibility index (Phi) is 2.71. The first-order valence-corrected chi connectivity index (χ1v) is 4.42. The predicted octanol–water partition coefficient (Wildman–Crippen LogP) is 2.74. The Bertz CT molecular complexity index is 271. The van der Waals surface area contributed by atoms with Crippen molar-refractivity contribution in [1.29, 1.82) is 0 Å². The SMILES string of the molecule is Cc1ccc(C(N)C(C)(C)F)cc1. The van der Waals surface area contributed by atoms with Crippen LogP contribution in [-0.4, -0.2) is 5.67 Å². The molecule has 1 nitrogen and oxygen atoms in total. The molecule has 13 heavy (non-hydrogen) atoms. The van der Waals surface area contributed by atoms with Crippen LogP contribution in [0.4, 0.5) is 4.39 Å². The quantitative estimate of drug-likeness (QED) is 0.746. The van der Waals surface area contributed by atoms with Gasteiger partial charge in [0.2, 0.25) is 0 Å². The second-order valence-electron chi connectivity index (χ2n) is 3.95. The molecule has 0 saturated heterocycles. The topological polar surface area (TPSA) is 26.0 Å². The summed E-state index contributed by atoms with van der Waals surface area (Å²) in [4.78, 5) is 0. The summed E-state index contributed by atoms with van der Waals surface area (Å²) < 4.78 is 13.4. The summed E-state index contributed by atoms with van der Waals surface area (Å²) >= 11 is 0. The van der Waals surface area contributed by atoms with Gasteiger partial charge in [-0.15, -0.1) is 0 Å². The van der Waals surface area contributed by atoms with Crippen molar-refractivity contribution in [3.05, 3.63) is 35.4 Å². The van der Waals surface area contributed by atoms with Gasteiger partial charge in [-0.25, -0.2) is 4.39 Å². The Morgan fingerprint density at radius 2 is 1.69 bits per heavy atom. The zero-order valence-corrected chi connectivity index (χ0v) is 8.34. The molecule has 1 atom stereocenters. The van der Waals surface area contributed by atoms with E-state index in [4.69, 9.17) is 5.73 Å². The highest BCUT2D eigenvalue weighted by Gasteiger charge is 2.26. The first-order chi connectivity index (χ1) is 5.91. The van der Waals surface area contributed by atoms with E-state index in [9.17, 15) is 4.39 Å². The first kappa shape index (κ1) is 10.2. The molecule has 0 fully saturated rings. The smallest absolute Gasteiger partial charge is 0.124 e. The highest BCUT2D eigenvalue weighted by Crippen LogP contribution is 2.26. The van der Waals surface area contributed by atoms with E-state index in [1.807, 2.05) is 31.2 Å². The zero-order chi connectivity index (χ0) is 10.1. The molecule has 2 heteroatoms. The summed E-state index contributed by atoms with van der Waals surface area (Å²) in [7, 11) is 0. The fourth-order valence-corrected chi connectivity index (χ4v) is 1.17. The number of aryl methyl sites for hydroxylation is 1. The van der Waals surface area contributed by atoms with E-state index in [-0.39, 0.29) is 0 Å². The Hall–Kier alpha value is -0.890. The lowest BCUT2D eigenvalue weighted by molar-refractivity contribution is 0.174. The fraction of sp³-hybridized carbons (Fsp3) is 0.455. The van der Waals surface area contributed by atoms with Gasteiger partial charge in [-0.2, -0.15) is 0 Å². The molecule has 1 rings (SSSR count). The van der Waals surface area contributed by atoms with Crippen LogP contribution in [0.25, 0.3) is 0 Å². The van der Waals surface area contributed by atoms with E-state index >= 15 is 0 Å². The van der Waals surface area contributed by atoms with Gasteiger partial charge in [-0.1, -0.05) is 29.8 Å². The Labute approximate surface area is 78.8 Å². The largest absolute Gasteiger partial charge is 0.321 e. The second-order valence-corrected chi connectivity index (χ2v) is 3.95. The number of hydrogen-bond acceptors (Lipinski definition) is 1.